The summed E-state index contributed by atoms with van der Waals surface area (Å²) in [5, 5.41) is 2.30. The van der Waals surface area contributed by atoms with E-state index in [2.05, 4.69) is 22.0 Å². The summed E-state index contributed by atoms with van der Waals surface area (Å²) in [7, 11) is 2.04. The molecule has 3 rings (SSSR count). The van der Waals surface area contributed by atoms with Gasteiger partial charge in [-0.2, -0.15) is 0 Å². The molecule has 0 amide bonds. The van der Waals surface area contributed by atoms with Crippen molar-refractivity contribution in [2.24, 2.45) is 5.73 Å². The van der Waals surface area contributed by atoms with Gasteiger partial charge in [0.2, 0.25) is 0 Å². The third-order valence-electron chi connectivity index (χ3n) is 3.81. The number of fused-ring (bicyclic) bond motifs is 1. The van der Waals surface area contributed by atoms with Crippen LogP contribution in [0.25, 0.3) is 10.8 Å². The first-order valence-corrected chi connectivity index (χ1v) is 7.01. The zero-order chi connectivity index (χ0) is 14.8. The monoisotopic (exact) mass is 281 g/mol. The number of rotatable bonds is 4. The first-order valence-electron chi connectivity index (χ1n) is 7.01. The molecule has 0 aliphatic carbocycles. The van der Waals surface area contributed by atoms with Crippen molar-refractivity contribution in [3.8, 4) is 0 Å². The normalized spacial score (nSPS) is 11.0. The van der Waals surface area contributed by atoms with Gasteiger partial charge in [-0.05, 0) is 23.9 Å². The predicted octanol–water partition coefficient (Wildman–Crippen LogP) is 3.23. The molecule has 2 N–H and O–H groups in total. The summed E-state index contributed by atoms with van der Waals surface area (Å²) in [6.07, 6.45) is 3.60. The van der Waals surface area contributed by atoms with Gasteiger partial charge in [-0.15, -0.1) is 0 Å². The summed E-state index contributed by atoms with van der Waals surface area (Å²) in [6, 6.07) is 10.3. The third-order valence-corrected chi connectivity index (χ3v) is 3.81. The molecule has 0 aliphatic rings. The molecule has 4 heteroatoms. The molecular weight excluding hydrogens is 262 g/mol. The lowest BCUT2D eigenvalue weighted by Crippen LogP contribution is -2.18. The highest BCUT2D eigenvalue weighted by molar-refractivity contribution is 5.94. The van der Waals surface area contributed by atoms with E-state index < -0.39 is 0 Å². The number of anilines is 1. The maximum absolute atomic E-state index is 5.81. The fourth-order valence-electron chi connectivity index (χ4n) is 2.61. The SMILES string of the molecule is Cc1occc1CN(C)c1ncc(CN)c2ccccc12. The van der Waals surface area contributed by atoms with Crippen LogP contribution >= 0.6 is 0 Å². The molecule has 0 fully saturated rings. The second-order valence-electron chi connectivity index (χ2n) is 5.21. The summed E-state index contributed by atoms with van der Waals surface area (Å²) < 4.78 is 5.36. The summed E-state index contributed by atoms with van der Waals surface area (Å²) in [4.78, 5) is 6.74. The van der Waals surface area contributed by atoms with Crippen molar-refractivity contribution in [2.45, 2.75) is 20.0 Å². The third kappa shape index (κ3) is 2.50. The number of benzene rings is 1. The summed E-state index contributed by atoms with van der Waals surface area (Å²) in [5.74, 6) is 1.91. The van der Waals surface area contributed by atoms with Crippen molar-refractivity contribution >= 4 is 16.6 Å². The number of aryl methyl sites for hydroxylation is 1. The topological polar surface area (TPSA) is 55.3 Å². The van der Waals surface area contributed by atoms with Gasteiger partial charge in [-0.1, -0.05) is 24.3 Å². The van der Waals surface area contributed by atoms with E-state index in [1.165, 1.54) is 10.9 Å². The fraction of sp³-hybridized carbons (Fsp3) is 0.235. The van der Waals surface area contributed by atoms with Crippen molar-refractivity contribution in [3.05, 3.63) is 59.7 Å². The minimum Gasteiger partial charge on any atom is -0.469 e. The van der Waals surface area contributed by atoms with Crippen LogP contribution in [0.2, 0.25) is 0 Å². The smallest absolute Gasteiger partial charge is 0.136 e. The molecule has 4 nitrogen and oxygen atoms in total. The number of hydrogen-bond donors (Lipinski definition) is 1. The van der Waals surface area contributed by atoms with E-state index in [0.29, 0.717) is 6.54 Å². The first kappa shape index (κ1) is 13.6. The predicted molar refractivity (Wildman–Crippen MR) is 85.2 cm³/mol. The molecule has 0 unspecified atom stereocenters. The first-order chi connectivity index (χ1) is 10.2. The zero-order valence-corrected chi connectivity index (χ0v) is 12.3. The highest BCUT2D eigenvalue weighted by Gasteiger charge is 2.12. The van der Waals surface area contributed by atoms with E-state index in [-0.39, 0.29) is 0 Å². The molecule has 0 aliphatic heterocycles. The molecule has 108 valence electrons. The molecule has 0 saturated carbocycles. The molecule has 2 heterocycles. The Balaban J connectivity index is 2.02. The van der Waals surface area contributed by atoms with Gasteiger partial charge in [0.05, 0.1) is 6.26 Å². The number of aromatic nitrogens is 1. The largest absolute Gasteiger partial charge is 0.469 e. The van der Waals surface area contributed by atoms with Crippen molar-refractivity contribution in [1.29, 1.82) is 0 Å². The van der Waals surface area contributed by atoms with Crippen LogP contribution in [-0.2, 0) is 13.1 Å². The Morgan fingerprint density at radius 3 is 2.57 bits per heavy atom. The van der Waals surface area contributed by atoms with Crippen molar-refractivity contribution in [2.75, 3.05) is 11.9 Å². The van der Waals surface area contributed by atoms with Crippen molar-refractivity contribution in [3.63, 3.8) is 0 Å². The Kier molecular flexibility index (Phi) is 3.62. The Morgan fingerprint density at radius 2 is 1.90 bits per heavy atom. The Bertz CT molecular complexity index is 764. The van der Waals surface area contributed by atoms with E-state index in [9.17, 15) is 0 Å². The van der Waals surface area contributed by atoms with Gasteiger partial charge in [0.1, 0.15) is 11.6 Å². The maximum atomic E-state index is 5.81. The fourth-order valence-corrected chi connectivity index (χ4v) is 2.61. The Hall–Kier alpha value is -2.33. The molecule has 21 heavy (non-hydrogen) atoms. The number of hydrogen-bond acceptors (Lipinski definition) is 4. The lowest BCUT2D eigenvalue weighted by molar-refractivity contribution is 0.529. The number of nitrogens with zero attached hydrogens (tertiary/aromatic N) is 2. The summed E-state index contributed by atoms with van der Waals surface area (Å²) in [5.41, 5.74) is 8.05. The average molecular weight is 281 g/mol. The van der Waals surface area contributed by atoms with Crippen LogP contribution < -0.4 is 10.6 Å². The molecule has 0 spiro atoms. The summed E-state index contributed by atoms with van der Waals surface area (Å²) in [6.45, 7) is 3.24. The molecular formula is C17H19N3O. The van der Waals surface area contributed by atoms with Gasteiger partial charge in [0.15, 0.2) is 0 Å². The van der Waals surface area contributed by atoms with Crippen LogP contribution in [-0.4, -0.2) is 12.0 Å². The van der Waals surface area contributed by atoms with E-state index in [1.54, 1.807) is 6.26 Å². The molecule has 0 bridgehead atoms. The van der Waals surface area contributed by atoms with E-state index in [4.69, 9.17) is 10.2 Å². The zero-order valence-electron chi connectivity index (χ0n) is 12.3. The van der Waals surface area contributed by atoms with Crippen LogP contribution in [0.4, 0.5) is 5.82 Å². The van der Waals surface area contributed by atoms with Crippen LogP contribution in [0, 0.1) is 6.92 Å². The lowest BCUT2D eigenvalue weighted by Gasteiger charge is -2.20. The number of nitrogens with two attached hydrogens (primary N) is 1. The van der Waals surface area contributed by atoms with Crippen LogP contribution in [0.15, 0.2) is 47.2 Å². The number of pyridine rings is 1. The van der Waals surface area contributed by atoms with Crippen molar-refractivity contribution in [1.82, 2.24) is 4.98 Å². The molecule has 0 saturated heterocycles. The molecule has 0 radical (unpaired) electrons. The highest BCUT2D eigenvalue weighted by atomic mass is 16.3. The van der Waals surface area contributed by atoms with Crippen molar-refractivity contribution < 1.29 is 4.42 Å². The van der Waals surface area contributed by atoms with Gasteiger partial charge < -0.3 is 15.1 Å². The average Bonchev–Trinajstić information content (AvgIpc) is 2.91. The van der Waals surface area contributed by atoms with E-state index in [0.717, 1.165) is 29.1 Å². The highest BCUT2D eigenvalue weighted by Crippen LogP contribution is 2.27. The molecule has 3 aromatic rings. The van der Waals surface area contributed by atoms with Gasteiger partial charge in [0, 0.05) is 37.3 Å². The second-order valence-corrected chi connectivity index (χ2v) is 5.21. The van der Waals surface area contributed by atoms with Gasteiger partial charge in [0.25, 0.3) is 0 Å². The van der Waals surface area contributed by atoms with Gasteiger partial charge >= 0.3 is 0 Å². The van der Waals surface area contributed by atoms with Gasteiger partial charge in [-0.25, -0.2) is 4.98 Å². The summed E-state index contributed by atoms with van der Waals surface area (Å²) >= 11 is 0. The number of furan rings is 1. The minimum atomic E-state index is 0.498. The molecule has 1 aromatic carbocycles. The standard InChI is InChI=1S/C17H19N3O/c1-12-13(7-8-21-12)11-20(2)17-16-6-4-3-5-15(16)14(9-18)10-19-17/h3-8,10H,9,11,18H2,1-2H3. The van der Waals surface area contributed by atoms with Gasteiger partial charge in [-0.3, -0.25) is 0 Å². The van der Waals surface area contributed by atoms with Crippen LogP contribution in [0.5, 0.6) is 0 Å². The molecule has 0 atom stereocenters. The molecule has 2 aromatic heterocycles. The Morgan fingerprint density at radius 1 is 1.14 bits per heavy atom. The quantitative estimate of drug-likeness (QED) is 0.797. The van der Waals surface area contributed by atoms with Crippen LogP contribution in [0.1, 0.15) is 16.9 Å². The maximum Gasteiger partial charge on any atom is 0.136 e. The van der Waals surface area contributed by atoms with Crippen LogP contribution in [0.3, 0.4) is 0 Å². The minimum absolute atomic E-state index is 0.498. The van der Waals surface area contributed by atoms with E-state index in [1.807, 2.05) is 38.4 Å². The lowest BCUT2D eigenvalue weighted by atomic mass is 10.1. The second kappa shape index (κ2) is 5.58. The van der Waals surface area contributed by atoms with E-state index >= 15 is 0 Å². The Labute approximate surface area is 124 Å².